The molecule has 0 saturated heterocycles. The molecule has 0 unspecified atom stereocenters. The first-order valence-electron chi connectivity index (χ1n) is 9.58. The predicted molar refractivity (Wildman–Crippen MR) is 120 cm³/mol. The van der Waals surface area contributed by atoms with E-state index in [-0.39, 0.29) is 13.2 Å². The molecule has 0 aromatic heterocycles. The summed E-state index contributed by atoms with van der Waals surface area (Å²) in [6.45, 7) is 1.33. The van der Waals surface area contributed by atoms with Crippen molar-refractivity contribution in [3.8, 4) is 0 Å². The summed E-state index contributed by atoms with van der Waals surface area (Å²) in [6.07, 6.45) is 0. The monoisotopic (exact) mass is 425 g/mol. The molecule has 0 fully saturated rings. The standard InChI is InChI=1S/C10H15NO2.2C7H6O2/c12-8-6-11(7-9-13)10-4-2-1-3-5-10;2*8-7(9)6-4-2-1-3-5-6/h1-5,12-13H,6-9H2;2*1-5H,(H,8,9). The summed E-state index contributed by atoms with van der Waals surface area (Å²) in [5.74, 6) is -1.76. The van der Waals surface area contributed by atoms with Crippen molar-refractivity contribution in [3.05, 3.63) is 102 Å². The maximum atomic E-state index is 10.2. The molecule has 0 saturated carbocycles. The lowest BCUT2D eigenvalue weighted by Crippen LogP contribution is -2.29. The highest BCUT2D eigenvalue weighted by Gasteiger charge is 2.03. The van der Waals surface area contributed by atoms with Crippen LogP contribution >= 0.6 is 0 Å². The SMILES string of the molecule is O=C(O)c1ccccc1.O=C(O)c1ccccc1.OCCN(CCO)c1ccccc1. The molecular formula is C24H27NO6. The molecule has 0 atom stereocenters. The van der Waals surface area contributed by atoms with E-state index in [1.165, 1.54) is 0 Å². The Bertz CT molecular complexity index is 817. The molecule has 0 aliphatic carbocycles. The van der Waals surface area contributed by atoms with Crippen LogP contribution in [-0.2, 0) is 0 Å². The van der Waals surface area contributed by atoms with Crippen molar-refractivity contribution in [1.29, 1.82) is 0 Å². The minimum absolute atomic E-state index is 0.106. The zero-order chi connectivity index (χ0) is 22.9. The first-order valence-corrected chi connectivity index (χ1v) is 9.58. The van der Waals surface area contributed by atoms with E-state index in [0.29, 0.717) is 24.2 Å². The van der Waals surface area contributed by atoms with Gasteiger partial charge in [-0.15, -0.1) is 0 Å². The van der Waals surface area contributed by atoms with Crippen molar-refractivity contribution < 1.29 is 30.0 Å². The third-order valence-corrected chi connectivity index (χ3v) is 3.90. The quantitative estimate of drug-likeness (QED) is 0.459. The van der Waals surface area contributed by atoms with E-state index in [4.69, 9.17) is 20.4 Å². The molecule has 7 nitrogen and oxygen atoms in total. The molecule has 7 heteroatoms. The molecular weight excluding hydrogens is 398 g/mol. The van der Waals surface area contributed by atoms with Crippen LogP contribution in [0.5, 0.6) is 0 Å². The number of rotatable bonds is 7. The van der Waals surface area contributed by atoms with Gasteiger partial charge < -0.3 is 25.3 Å². The van der Waals surface area contributed by atoms with E-state index in [9.17, 15) is 9.59 Å². The van der Waals surface area contributed by atoms with Crippen LogP contribution in [-0.4, -0.2) is 58.7 Å². The number of hydrogen-bond donors (Lipinski definition) is 4. The fraction of sp³-hybridized carbons (Fsp3) is 0.167. The third-order valence-electron chi connectivity index (χ3n) is 3.90. The number of aromatic carboxylic acids is 2. The van der Waals surface area contributed by atoms with Gasteiger partial charge in [-0.05, 0) is 36.4 Å². The largest absolute Gasteiger partial charge is 0.478 e. The van der Waals surface area contributed by atoms with Gasteiger partial charge in [-0.3, -0.25) is 0 Å². The van der Waals surface area contributed by atoms with Gasteiger partial charge in [-0.2, -0.15) is 0 Å². The summed E-state index contributed by atoms with van der Waals surface area (Å²) in [5.41, 5.74) is 1.70. The lowest BCUT2D eigenvalue weighted by Gasteiger charge is -2.22. The number of carboxylic acids is 2. The summed E-state index contributed by atoms with van der Waals surface area (Å²) in [6, 6.07) is 26.3. The van der Waals surface area contributed by atoms with Gasteiger partial charge >= 0.3 is 11.9 Å². The number of para-hydroxylation sites is 1. The lowest BCUT2D eigenvalue weighted by molar-refractivity contribution is 0.0686. The van der Waals surface area contributed by atoms with Gasteiger partial charge in [0, 0.05) is 18.8 Å². The van der Waals surface area contributed by atoms with Crippen LogP contribution in [0.3, 0.4) is 0 Å². The summed E-state index contributed by atoms with van der Waals surface area (Å²) in [7, 11) is 0. The topological polar surface area (TPSA) is 118 Å². The van der Waals surface area contributed by atoms with Gasteiger partial charge in [-0.25, -0.2) is 9.59 Å². The summed E-state index contributed by atoms with van der Waals surface area (Å²) in [5, 5.41) is 34.4. The maximum Gasteiger partial charge on any atom is 0.335 e. The van der Waals surface area contributed by atoms with Gasteiger partial charge in [0.1, 0.15) is 0 Å². The summed E-state index contributed by atoms with van der Waals surface area (Å²) >= 11 is 0. The molecule has 0 amide bonds. The Morgan fingerprint density at radius 3 is 1.16 bits per heavy atom. The zero-order valence-electron chi connectivity index (χ0n) is 17.0. The predicted octanol–water partition coefficient (Wildman–Crippen LogP) is 3.25. The highest BCUT2D eigenvalue weighted by atomic mass is 16.4. The number of carboxylic acid groups (broad SMARTS) is 2. The average Bonchev–Trinajstić information content (AvgIpc) is 2.81. The van der Waals surface area contributed by atoms with E-state index in [1.54, 1.807) is 60.7 Å². The molecule has 0 aliphatic heterocycles. The van der Waals surface area contributed by atoms with Crippen molar-refractivity contribution >= 4 is 17.6 Å². The first kappa shape index (κ1) is 25.4. The molecule has 0 heterocycles. The first-order chi connectivity index (χ1) is 15.0. The second-order valence-electron chi connectivity index (χ2n) is 6.11. The molecule has 31 heavy (non-hydrogen) atoms. The number of carbonyl (C=O) groups is 2. The smallest absolute Gasteiger partial charge is 0.335 e. The molecule has 3 rings (SSSR count). The van der Waals surface area contributed by atoms with E-state index < -0.39 is 11.9 Å². The molecule has 0 radical (unpaired) electrons. The van der Waals surface area contributed by atoms with Crippen molar-refractivity contribution in [2.24, 2.45) is 0 Å². The highest BCUT2D eigenvalue weighted by molar-refractivity contribution is 5.87. The second kappa shape index (κ2) is 15.2. The number of benzene rings is 3. The number of anilines is 1. The summed E-state index contributed by atoms with van der Waals surface area (Å²) in [4.78, 5) is 22.3. The van der Waals surface area contributed by atoms with Gasteiger partial charge in [0.05, 0.1) is 24.3 Å². The van der Waals surface area contributed by atoms with E-state index >= 15 is 0 Å². The summed E-state index contributed by atoms with van der Waals surface area (Å²) < 4.78 is 0. The molecule has 3 aromatic rings. The van der Waals surface area contributed by atoms with E-state index in [1.807, 2.05) is 35.2 Å². The van der Waals surface area contributed by atoms with Gasteiger partial charge in [0.25, 0.3) is 0 Å². The normalized spacial score (nSPS) is 9.35. The Kier molecular flexibility index (Phi) is 12.4. The third kappa shape index (κ3) is 10.6. The molecule has 164 valence electrons. The van der Waals surface area contributed by atoms with Crippen molar-refractivity contribution in [2.75, 3.05) is 31.2 Å². The average molecular weight is 425 g/mol. The molecule has 3 aromatic carbocycles. The van der Waals surface area contributed by atoms with Crippen molar-refractivity contribution in [2.45, 2.75) is 0 Å². The fourth-order valence-electron chi connectivity index (χ4n) is 2.41. The number of aliphatic hydroxyl groups is 2. The second-order valence-corrected chi connectivity index (χ2v) is 6.11. The van der Waals surface area contributed by atoms with Crippen LogP contribution in [0.4, 0.5) is 5.69 Å². The number of aliphatic hydroxyl groups excluding tert-OH is 2. The van der Waals surface area contributed by atoms with Crippen LogP contribution in [0.15, 0.2) is 91.0 Å². The number of nitrogens with zero attached hydrogens (tertiary/aromatic N) is 1. The zero-order valence-corrected chi connectivity index (χ0v) is 17.0. The minimum atomic E-state index is -0.879. The van der Waals surface area contributed by atoms with Crippen LogP contribution in [0.2, 0.25) is 0 Å². The minimum Gasteiger partial charge on any atom is -0.478 e. The Morgan fingerprint density at radius 1 is 0.581 bits per heavy atom. The van der Waals surface area contributed by atoms with Crippen molar-refractivity contribution in [1.82, 2.24) is 0 Å². The lowest BCUT2D eigenvalue weighted by atomic mass is 10.2. The Balaban J connectivity index is 0.000000239. The van der Waals surface area contributed by atoms with Crippen LogP contribution < -0.4 is 4.90 Å². The Morgan fingerprint density at radius 2 is 0.903 bits per heavy atom. The maximum absolute atomic E-state index is 10.2. The fourth-order valence-corrected chi connectivity index (χ4v) is 2.41. The molecule has 0 spiro atoms. The Hall–Kier alpha value is -3.68. The van der Waals surface area contributed by atoms with Crippen molar-refractivity contribution in [3.63, 3.8) is 0 Å². The van der Waals surface area contributed by atoms with Gasteiger partial charge in [-0.1, -0.05) is 54.6 Å². The van der Waals surface area contributed by atoms with Crippen LogP contribution in [0, 0.1) is 0 Å². The molecule has 4 N–H and O–H groups in total. The highest BCUT2D eigenvalue weighted by Crippen LogP contribution is 2.11. The number of hydrogen-bond acceptors (Lipinski definition) is 5. The van der Waals surface area contributed by atoms with E-state index in [0.717, 1.165) is 5.69 Å². The van der Waals surface area contributed by atoms with Crippen LogP contribution in [0.1, 0.15) is 20.7 Å². The van der Waals surface area contributed by atoms with Gasteiger partial charge in [0.2, 0.25) is 0 Å². The van der Waals surface area contributed by atoms with E-state index in [2.05, 4.69) is 0 Å². The van der Waals surface area contributed by atoms with Crippen LogP contribution in [0.25, 0.3) is 0 Å². The molecule has 0 bridgehead atoms. The Labute approximate surface area is 181 Å². The van der Waals surface area contributed by atoms with Gasteiger partial charge in [0.15, 0.2) is 0 Å². The molecule has 0 aliphatic rings.